The average Bonchev–Trinajstić information content (AvgIpc) is 2.16. The number of rotatable bonds is 3. The maximum atomic E-state index is 4.33. The summed E-state index contributed by atoms with van der Waals surface area (Å²) in [5.74, 6) is 1.24. The van der Waals surface area contributed by atoms with E-state index in [2.05, 4.69) is 28.8 Å². The molecule has 0 saturated heterocycles. The molecule has 14 heavy (non-hydrogen) atoms. The van der Waals surface area contributed by atoms with Gasteiger partial charge in [-0.3, -0.25) is 0 Å². The molecular formula is C9H17N3S2. The minimum absolute atomic E-state index is 0. The fourth-order valence-electron chi connectivity index (χ4n) is 0.794. The highest BCUT2D eigenvalue weighted by atomic mass is 32.2. The second-order valence-corrected chi connectivity index (χ2v) is 4.37. The molecule has 5 heteroatoms. The molecule has 0 radical (unpaired) electrons. The summed E-state index contributed by atoms with van der Waals surface area (Å²) in [7, 11) is 0. The third-order valence-corrected chi connectivity index (χ3v) is 2.59. The highest BCUT2D eigenvalue weighted by Crippen LogP contribution is 2.17. The van der Waals surface area contributed by atoms with Gasteiger partial charge in [0.15, 0.2) is 10.3 Å². The van der Waals surface area contributed by atoms with Gasteiger partial charge < -0.3 is 0 Å². The van der Waals surface area contributed by atoms with Crippen molar-refractivity contribution in [3.8, 4) is 0 Å². The van der Waals surface area contributed by atoms with Crippen LogP contribution in [0.1, 0.15) is 33.0 Å². The Kier molecular flexibility index (Phi) is 6.11. The van der Waals surface area contributed by atoms with Gasteiger partial charge in [0.1, 0.15) is 5.82 Å². The minimum atomic E-state index is 0. The summed E-state index contributed by atoms with van der Waals surface area (Å²) in [4.78, 5) is 12.9. The maximum Gasteiger partial charge on any atom is 0.191 e. The van der Waals surface area contributed by atoms with Crippen molar-refractivity contribution in [2.45, 2.75) is 37.5 Å². The molecule has 1 rings (SSSR count). The third-order valence-electron chi connectivity index (χ3n) is 1.49. The van der Waals surface area contributed by atoms with Crippen LogP contribution in [-0.4, -0.2) is 27.5 Å². The van der Waals surface area contributed by atoms with Crippen molar-refractivity contribution in [1.29, 1.82) is 0 Å². The highest BCUT2D eigenvalue weighted by Gasteiger charge is 2.07. The van der Waals surface area contributed by atoms with E-state index in [1.165, 1.54) is 0 Å². The molecule has 1 aromatic heterocycles. The Hall–Kier alpha value is -0.290. The molecule has 0 aliphatic heterocycles. The lowest BCUT2D eigenvalue weighted by atomic mass is 10.2. The first-order valence-electron chi connectivity index (χ1n) is 4.01. The van der Waals surface area contributed by atoms with Crippen LogP contribution in [0.25, 0.3) is 0 Å². The average molecular weight is 231 g/mol. The summed E-state index contributed by atoms with van der Waals surface area (Å²) in [6, 6.07) is 0. The number of thioether (sulfide) groups is 2. The van der Waals surface area contributed by atoms with Crippen molar-refractivity contribution in [1.82, 2.24) is 15.0 Å². The predicted octanol–water partition coefficient (Wildman–Crippen LogP) is 3.07. The van der Waals surface area contributed by atoms with E-state index in [1.54, 1.807) is 23.5 Å². The van der Waals surface area contributed by atoms with Crippen LogP contribution >= 0.6 is 23.5 Å². The molecule has 0 saturated carbocycles. The van der Waals surface area contributed by atoms with Crippen LogP contribution in [0.5, 0.6) is 0 Å². The van der Waals surface area contributed by atoms with Crippen LogP contribution in [0.2, 0.25) is 0 Å². The quantitative estimate of drug-likeness (QED) is 0.747. The Morgan fingerprint density at radius 1 is 0.929 bits per heavy atom. The number of nitrogens with zero attached hydrogens (tertiary/aromatic N) is 3. The molecule has 0 amide bonds. The first kappa shape index (κ1) is 13.7. The zero-order valence-electron chi connectivity index (χ0n) is 8.24. The fraction of sp³-hybridized carbons (Fsp3) is 0.667. The predicted molar refractivity (Wildman–Crippen MR) is 64.2 cm³/mol. The fourth-order valence-corrected chi connectivity index (χ4v) is 1.58. The van der Waals surface area contributed by atoms with Gasteiger partial charge in [0.2, 0.25) is 0 Å². The monoisotopic (exact) mass is 231 g/mol. The molecular weight excluding hydrogens is 214 g/mol. The van der Waals surface area contributed by atoms with Crippen LogP contribution in [0.3, 0.4) is 0 Å². The Balaban J connectivity index is 0.00000169. The molecule has 80 valence electrons. The van der Waals surface area contributed by atoms with Gasteiger partial charge in [0.05, 0.1) is 0 Å². The maximum absolute atomic E-state index is 4.33. The van der Waals surface area contributed by atoms with Crippen LogP contribution in [0.4, 0.5) is 0 Å². The molecule has 0 bridgehead atoms. The van der Waals surface area contributed by atoms with Gasteiger partial charge in [-0.2, -0.15) is 4.98 Å². The minimum Gasteiger partial charge on any atom is -0.207 e. The molecule has 0 aliphatic carbocycles. The van der Waals surface area contributed by atoms with Crippen LogP contribution in [0, 0.1) is 0 Å². The van der Waals surface area contributed by atoms with Gasteiger partial charge in [0.25, 0.3) is 0 Å². The van der Waals surface area contributed by atoms with Crippen molar-refractivity contribution >= 4 is 23.5 Å². The standard InChI is InChI=1S/C8H13N3S2.CH4/c1-5(2)6-9-7(12-3)11-8(10-6)13-4;/h5H,1-4H3;1H4. The number of hydrogen-bond donors (Lipinski definition) is 0. The molecule has 1 aromatic rings. The first-order valence-corrected chi connectivity index (χ1v) is 6.46. The van der Waals surface area contributed by atoms with E-state index in [-0.39, 0.29) is 7.43 Å². The molecule has 0 N–H and O–H groups in total. The summed E-state index contributed by atoms with van der Waals surface area (Å²) in [5, 5.41) is 1.62. The van der Waals surface area contributed by atoms with E-state index in [0.29, 0.717) is 5.92 Å². The van der Waals surface area contributed by atoms with Crippen LogP contribution in [0.15, 0.2) is 10.3 Å². The van der Waals surface area contributed by atoms with Crippen molar-refractivity contribution < 1.29 is 0 Å². The summed E-state index contributed by atoms with van der Waals surface area (Å²) in [6.45, 7) is 4.17. The second-order valence-electron chi connectivity index (χ2n) is 2.82. The van der Waals surface area contributed by atoms with Crippen molar-refractivity contribution in [2.24, 2.45) is 0 Å². The first-order chi connectivity index (χ1) is 6.17. The van der Waals surface area contributed by atoms with Gasteiger partial charge in [-0.15, -0.1) is 0 Å². The molecule has 0 fully saturated rings. The van der Waals surface area contributed by atoms with E-state index in [9.17, 15) is 0 Å². The second kappa shape index (κ2) is 6.24. The lowest BCUT2D eigenvalue weighted by Gasteiger charge is -2.05. The summed E-state index contributed by atoms with van der Waals surface area (Å²) in [6.07, 6.45) is 3.95. The Bertz CT molecular complexity index is 267. The lowest BCUT2D eigenvalue weighted by molar-refractivity contribution is 0.678. The molecule has 3 nitrogen and oxygen atoms in total. The molecule has 0 spiro atoms. The van der Waals surface area contributed by atoms with Gasteiger partial charge in [-0.1, -0.05) is 44.8 Å². The lowest BCUT2D eigenvalue weighted by Crippen LogP contribution is -2.02. The van der Waals surface area contributed by atoms with E-state index >= 15 is 0 Å². The summed E-state index contributed by atoms with van der Waals surface area (Å²) in [5.41, 5.74) is 0. The van der Waals surface area contributed by atoms with Crippen molar-refractivity contribution in [2.75, 3.05) is 12.5 Å². The molecule has 0 unspecified atom stereocenters. The summed E-state index contributed by atoms with van der Waals surface area (Å²) >= 11 is 3.11. The third kappa shape index (κ3) is 3.46. The largest absolute Gasteiger partial charge is 0.207 e. The zero-order chi connectivity index (χ0) is 9.84. The van der Waals surface area contributed by atoms with Gasteiger partial charge in [-0.25, -0.2) is 9.97 Å². The topological polar surface area (TPSA) is 38.7 Å². The van der Waals surface area contributed by atoms with Crippen molar-refractivity contribution in [3.05, 3.63) is 5.82 Å². The van der Waals surface area contributed by atoms with E-state index in [1.807, 2.05) is 12.5 Å². The van der Waals surface area contributed by atoms with Gasteiger partial charge in [-0.05, 0) is 12.5 Å². The Morgan fingerprint density at radius 2 is 1.36 bits per heavy atom. The Labute approximate surface area is 94.5 Å². The van der Waals surface area contributed by atoms with Crippen molar-refractivity contribution in [3.63, 3.8) is 0 Å². The normalized spacial score (nSPS) is 10.1. The molecule has 0 atom stereocenters. The van der Waals surface area contributed by atoms with Gasteiger partial charge in [0, 0.05) is 5.92 Å². The molecule has 0 aromatic carbocycles. The van der Waals surface area contributed by atoms with Crippen LogP contribution in [-0.2, 0) is 0 Å². The smallest absolute Gasteiger partial charge is 0.191 e. The molecule has 1 heterocycles. The van der Waals surface area contributed by atoms with E-state index in [4.69, 9.17) is 0 Å². The van der Waals surface area contributed by atoms with E-state index in [0.717, 1.165) is 16.1 Å². The SMILES string of the molecule is C.CSc1nc(SC)nc(C(C)C)n1. The zero-order valence-corrected chi connectivity index (χ0v) is 9.87. The number of hydrogen-bond acceptors (Lipinski definition) is 5. The Morgan fingerprint density at radius 3 is 1.64 bits per heavy atom. The number of aromatic nitrogens is 3. The summed E-state index contributed by atoms with van der Waals surface area (Å²) < 4.78 is 0. The molecule has 0 aliphatic rings. The highest BCUT2D eigenvalue weighted by molar-refractivity contribution is 7.99. The van der Waals surface area contributed by atoms with Gasteiger partial charge >= 0.3 is 0 Å². The van der Waals surface area contributed by atoms with Crippen LogP contribution < -0.4 is 0 Å². The van der Waals surface area contributed by atoms with E-state index < -0.39 is 0 Å².